The van der Waals surface area contributed by atoms with Gasteiger partial charge >= 0.3 is 5.97 Å². The fourth-order valence-corrected chi connectivity index (χ4v) is 5.02. The maximum Gasteiger partial charge on any atom is 0.326 e. The molecule has 0 bridgehead atoms. The predicted molar refractivity (Wildman–Crippen MR) is 128 cm³/mol. The van der Waals surface area contributed by atoms with Crippen LogP contribution < -0.4 is 9.47 Å². The van der Waals surface area contributed by atoms with Crippen molar-refractivity contribution >= 4 is 23.5 Å². The van der Waals surface area contributed by atoms with Crippen LogP contribution in [0.15, 0.2) is 36.4 Å². The molecule has 0 aromatic heterocycles. The molecule has 3 rings (SSSR count). The molecule has 2 aromatic rings. The van der Waals surface area contributed by atoms with Gasteiger partial charge in [-0.25, -0.2) is 4.79 Å². The minimum absolute atomic E-state index is 0.161. The number of halogens is 1. The predicted octanol–water partition coefficient (Wildman–Crippen LogP) is 5.32. The molecular weight excluding hydrogens is 442 g/mol. The molecule has 1 aliphatic rings. The Morgan fingerprint density at radius 2 is 1.88 bits per heavy atom. The molecule has 0 saturated heterocycles. The highest BCUT2D eigenvalue weighted by molar-refractivity contribution is 6.30. The van der Waals surface area contributed by atoms with Crippen LogP contribution in [0.3, 0.4) is 0 Å². The summed E-state index contributed by atoms with van der Waals surface area (Å²) in [5, 5.41) is 10.5. The van der Waals surface area contributed by atoms with Crippen LogP contribution in [-0.4, -0.2) is 48.7 Å². The Morgan fingerprint density at radius 1 is 1.15 bits per heavy atom. The first-order valence-electron chi connectivity index (χ1n) is 11.3. The highest BCUT2D eigenvalue weighted by atomic mass is 35.5. The molecule has 1 heterocycles. The van der Waals surface area contributed by atoms with Crippen LogP contribution in [0.4, 0.5) is 0 Å². The van der Waals surface area contributed by atoms with Gasteiger partial charge in [0.25, 0.3) is 0 Å². The number of nitrogens with zero attached hydrogens (tertiary/aromatic N) is 1. The van der Waals surface area contributed by atoms with Gasteiger partial charge in [0.05, 0.1) is 20.1 Å². The number of carboxylic acid groups (broad SMARTS) is 1. The van der Waals surface area contributed by atoms with Crippen LogP contribution in [0.2, 0.25) is 5.02 Å². The van der Waals surface area contributed by atoms with E-state index in [1.807, 2.05) is 30.3 Å². The first kappa shape index (κ1) is 24.9. The molecule has 2 aromatic carbocycles. The molecule has 0 radical (unpaired) electrons. The maximum absolute atomic E-state index is 13.9. The Balaban J connectivity index is 2.30. The van der Waals surface area contributed by atoms with Crippen molar-refractivity contribution in [1.29, 1.82) is 0 Å². The van der Waals surface area contributed by atoms with E-state index in [4.69, 9.17) is 21.1 Å². The number of rotatable bonds is 8. The number of para-hydroxylation sites is 1. The van der Waals surface area contributed by atoms with Crippen molar-refractivity contribution in [1.82, 2.24) is 4.90 Å². The summed E-state index contributed by atoms with van der Waals surface area (Å²) >= 11 is 6.43. The van der Waals surface area contributed by atoms with Gasteiger partial charge in [0.1, 0.15) is 6.04 Å². The molecule has 6 nitrogen and oxygen atoms in total. The molecule has 7 heteroatoms. The van der Waals surface area contributed by atoms with Crippen LogP contribution in [0.25, 0.3) is 0 Å². The normalized spacial score (nSPS) is 19.1. The molecule has 33 heavy (non-hydrogen) atoms. The van der Waals surface area contributed by atoms with Gasteiger partial charge in [-0.3, -0.25) is 4.79 Å². The van der Waals surface area contributed by atoms with E-state index in [2.05, 4.69) is 13.8 Å². The minimum atomic E-state index is -1.01. The fraction of sp³-hybridized carbons (Fsp3) is 0.462. The van der Waals surface area contributed by atoms with E-state index in [-0.39, 0.29) is 24.3 Å². The SMILES string of the molecule is CCC(C(=O)O)N1CC(c2cccc(OC)c2OC)c2cc(Cl)ccc2C(CC(C)C)C1=O. The minimum Gasteiger partial charge on any atom is -0.493 e. The van der Waals surface area contributed by atoms with Crippen molar-refractivity contribution in [2.45, 2.75) is 51.5 Å². The lowest BCUT2D eigenvalue weighted by atomic mass is 9.82. The van der Waals surface area contributed by atoms with Crippen LogP contribution in [0, 0.1) is 5.92 Å². The maximum atomic E-state index is 13.9. The molecule has 0 spiro atoms. The van der Waals surface area contributed by atoms with Crippen molar-refractivity contribution in [3.63, 3.8) is 0 Å². The van der Waals surface area contributed by atoms with E-state index < -0.39 is 17.9 Å². The van der Waals surface area contributed by atoms with Crippen molar-refractivity contribution < 1.29 is 24.2 Å². The first-order valence-corrected chi connectivity index (χ1v) is 11.6. The fourth-order valence-electron chi connectivity index (χ4n) is 4.84. The number of amides is 1. The Labute approximate surface area is 200 Å². The molecule has 3 atom stereocenters. The molecule has 0 aliphatic carbocycles. The van der Waals surface area contributed by atoms with Gasteiger partial charge in [0, 0.05) is 23.0 Å². The zero-order valence-electron chi connectivity index (χ0n) is 19.8. The van der Waals surface area contributed by atoms with E-state index in [1.165, 1.54) is 4.90 Å². The number of carboxylic acids is 1. The highest BCUT2D eigenvalue weighted by Crippen LogP contribution is 2.45. The molecule has 0 fully saturated rings. The Morgan fingerprint density at radius 3 is 2.45 bits per heavy atom. The molecule has 3 unspecified atom stereocenters. The lowest BCUT2D eigenvalue weighted by molar-refractivity contribution is -0.151. The molecular formula is C26H32ClNO5. The third-order valence-corrected chi connectivity index (χ3v) is 6.56. The number of hydrogen-bond donors (Lipinski definition) is 1. The summed E-state index contributed by atoms with van der Waals surface area (Å²) in [7, 11) is 3.15. The second-order valence-corrected chi connectivity index (χ2v) is 9.28. The molecule has 178 valence electrons. The summed E-state index contributed by atoms with van der Waals surface area (Å²) < 4.78 is 11.2. The number of carbonyl (C=O) groups excluding carboxylic acids is 1. The average molecular weight is 474 g/mol. The number of benzene rings is 2. The van der Waals surface area contributed by atoms with E-state index in [1.54, 1.807) is 27.2 Å². The number of methoxy groups -OCH3 is 2. The van der Waals surface area contributed by atoms with E-state index >= 15 is 0 Å². The number of ether oxygens (including phenoxy) is 2. The topological polar surface area (TPSA) is 76.1 Å². The van der Waals surface area contributed by atoms with Gasteiger partial charge in [-0.15, -0.1) is 0 Å². The highest BCUT2D eigenvalue weighted by Gasteiger charge is 2.41. The van der Waals surface area contributed by atoms with Crippen LogP contribution in [-0.2, 0) is 9.59 Å². The summed E-state index contributed by atoms with van der Waals surface area (Å²) in [6.45, 7) is 6.12. The van der Waals surface area contributed by atoms with Crippen molar-refractivity contribution in [3.05, 3.63) is 58.1 Å². The summed E-state index contributed by atoms with van der Waals surface area (Å²) in [5.74, 6) is -0.568. The monoisotopic (exact) mass is 473 g/mol. The Hall–Kier alpha value is -2.73. The number of aliphatic carboxylic acids is 1. The summed E-state index contributed by atoms with van der Waals surface area (Å²) in [5.41, 5.74) is 2.62. The van der Waals surface area contributed by atoms with Crippen LogP contribution in [0.5, 0.6) is 11.5 Å². The molecule has 1 N–H and O–H groups in total. The van der Waals surface area contributed by atoms with Crippen LogP contribution >= 0.6 is 11.6 Å². The summed E-state index contributed by atoms with van der Waals surface area (Å²) in [6.07, 6.45) is 0.927. The zero-order valence-corrected chi connectivity index (χ0v) is 20.6. The van der Waals surface area contributed by atoms with E-state index in [9.17, 15) is 14.7 Å². The van der Waals surface area contributed by atoms with Gasteiger partial charge in [-0.05, 0) is 48.1 Å². The van der Waals surface area contributed by atoms with Gasteiger partial charge in [-0.1, -0.05) is 50.6 Å². The van der Waals surface area contributed by atoms with Gasteiger partial charge in [0.15, 0.2) is 11.5 Å². The van der Waals surface area contributed by atoms with Crippen molar-refractivity contribution in [2.75, 3.05) is 20.8 Å². The van der Waals surface area contributed by atoms with Crippen molar-refractivity contribution in [2.24, 2.45) is 5.92 Å². The first-order chi connectivity index (χ1) is 15.7. The third kappa shape index (κ3) is 4.96. The third-order valence-electron chi connectivity index (χ3n) is 6.32. The Kier molecular flexibility index (Phi) is 7.90. The second-order valence-electron chi connectivity index (χ2n) is 8.84. The quantitative estimate of drug-likeness (QED) is 0.561. The lowest BCUT2D eigenvalue weighted by Crippen LogP contribution is -2.47. The standard InChI is InChI=1S/C26H32ClNO5/c1-6-22(26(30)31)28-14-21(18-8-7-9-23(32-4)24(18)33-5)19-13-16(27)10-11-17(19)20(25(28)29)12-15(2)3/h7-11,13,15,20-22H,6,12,14H2,1-5H3,(H,30,31). The zero-order chi connectivity index (χ0) is 24.3. The van der Waals surface area contributed by atoms with Gasteiger partial charge in [0.2, 0.25) is 5.91 Å². The Bertz CT molecular complexity index is 1020. The number of fused-ring (bicyclic) bond motifs is 1. The average Bonchev–Trinajstić information content (AvgIpc) is 2.88. The smallest absolute Gasteiger partial charge is 0.326 e. The van der Waals surface area contributed by atoms with Crippen molar-refractivity contribution in [3.8, 4) is 11.5 Å². The lowest BCUT2D eigenvalue weighted by Gasteiger charge is -2.32. The van der Waals surface area contributed by atoms with E-state index in [0.29, 0.717) is 29.4 Å². The van der Waals surface area contributed by atoms with Crippen LogP contribution in [0.1, 0.15) is 62.1 Å². The number of hydrogen-bond acceptors (Lipinski definition) is 4. The van der Waals surface area contributed by atoms with Gasteiger partial charge in [-0.2, -0.15) is 0 Å². The summed E-state index contributed by atoms with van der Waals surface area (Å²) in [6, 6.07) is 10.3. The molecule has 1 aliphatic heterocycles. The number of carbonyl (C=O) groups is 2. The van der Waals surface area contributed by atoms with E-state index in [0.717, 1.165) is 16.7 Å². The molecule has 1 amide bonds. The summed E-state index contributed by atoms with van der Waals surface area (Å²) in [4.78, 5) is 27.5. The largest absolute Gasteiger partial charge is 0.493 e. The molecule has 0 saturated carbocycles. The van der Waals surface area contributed by atoms with Gasteiger partial charge < -0.3 is 19.5 Å². The second kappa shape index (κ2) is 10.5.